The molecule has 21 heavy (non-hydrogen) atoms. The molecule has 0 saturated carbocycles. The largest absolute Gasteiger partial charge is 0.478 e. The van der Waals surface area contributed by atoms with E-state index >= 15 is 0 Å². The van der Waals surface area contributed by atoms with Crippen LogP contribution in [0.4, 0.5) is 4.79 Å². The van der Waals surface area contributed by atoms with Crippen molar-refractivity contribution < 1.29 is 24.2 Å². The van der Waals surface area contributed by atoms with Crippen LogP contribution < -0.4 is 10.6 Å². The number of nitrogens with one attached hydrogen (secondary N) is 2. The van der Waals surface area contributed by atoms with Crippen molar-refractivity contribution in [1.29, 1.82) is 0 Å². The smallest absolute Gasteiger partial charge is 0.331 e. The number of carboxylic acids is 1. The molecule has 0 radical (unpaired) electrons. The summed E-state index contributed by atoms with van der Waals surface area (Å²) >= 11 is 0. The number of carbonyl (C=O) groups is 3. The van der Waals surface area contributed by atoms with E-state index in [9.17, 15) is 14.4 Å². The van der Waals surface area contributed by atoms with E-state index in [2.05, 4.69) is 10.6 Å². The average Bonchev–Trinajstić information content (AvgIpc) is 2.43. The highest BCUT2D eigenvalue weighted by Crippen LogP contribution is 2.03. The van der Waals surface area contributed by atoms with Crippen LogP contribution in [-0.2, 0) is 14.3 Å². The van der Waals surface area contributed by atoms with Gasteiger partial charge in [-0.25, -0.2) is 9.59 Å². The van der Waals surface area contributed by atoms with E-state index in [0.717, 1.165) is 6.54 Å². The Hall–Kier alpha value is -1.93. The van der Waals surface area contributed by atoms with Crippen molar-refractivity contribution in [3.8, 4) is 0 Å². The van der Waals surface area contributed by atoms with Gasteiger partial charge in [-0.3, -0.25) is 10.1 Å². The lowest BCUT2D eigenvalue weighted by molar-refractivity contribution is -0.133. The number of aliphatic carboxylic acids is 1. The molecule has 0 unspecified atom stereocenters. The highest BCUT2D eigenvalue weighted by atomic mass is 16.5. The Balaban J connectivity index is 4.13. The minimum atomic E-state index is -1.19. The zero-order valence-electron chi connectivity index (χ0n) is 12.9. The van der Waals surface area contributed by atoms with Crippen LogP contribution in [0, 0.1) is 0 Å². The standard InChI is InChI=1S/C13H23N3O5/c1-9(10(2)12(18)19)11(17)15-13(20)14-5-6-16(3)7-8-21-4/h5-8H2,1-4H3,(H,18,19)(H2,14,15,17,20). The van der Waals surface area contributed by atoms with Crippen LogP contribution in [0.25, 0.3) is 0 Å². The number of carboxylic acid groups (broad SMARTS) is 1. The molecule has 0 bridgehead atoms. The van der Waals surface area contributed by atoms with E-state index in [1.165, 1.54) is 13.8 Å². The van der Waals surface area contributed by atoms with Gasteiger partial charge < -0.3 is 20.1 Å². The Labute approximate surface area is 124 Å². The number of amides is 3. The van der Waals surface area contributed by atoms with Crippen molar-refractivity contribution in [2.24, 2.45) is 0 Å². The van der Waals surface area contributed by atoms with Crippen molar-refractivity contribution in [3.63, 3.8) is 0 Å². The zero-order valence-corrected chi connectivity index (χ0v) is 12.9. The predicted octanol–water partition coefficient (Wildman–Crippen LogP) is -0.189. The van der Waals surface area contributed by atoms with E-state index in [1.807, 2.05) is 11.9 Å². The zero-order chi connectivity index (χ0) is 16.4. The normalized spacial score (nSPS) is 11.9. The molecule has 0 aromatic heterocycles. The average molecular weight is 301 g/mol. The molecule has 0 rings (SSSR count). The lowest BCUT2D eigenvalue weighted by atomic mass is 10.1. The summed E-state index contributed by atoms with van der Waals surface area (Å²) in [5.74, 6) is -1.91. The van der Waals surface area contributed by atoms with Crippen molar-refractivity contribution in [2.75, 3.05) is 40.4 Å². The molecule has 0 aliphatic carbocycles. The highest BCUT2D eigenvalue weighted by Gasteiger charge is 2.14. The SMILES string of the molecule is COCCN(C)CCNC(=O)NC(=O)C(C)=C(C)C(=O)O. The Bertz CT molecular complexity index is 420. The lowest BCUT2D eigenvalue weighted by Gasteiger charge is -2.16. The Morgan fingerprint density at radius 3 is 2.29 bits per heavy atom. The minimum Gasteiger partial charge on any atom is -0.478 e. The molecule has 3 N–H and O–H groups in total. The minimum absolute atomic E-state index is 0.00476. The number of hydrogen-bond acceptors (Lipinski definition) is 5. The number of imide groups is 1. The van der Waals surface area contributed by atoms with Crippen molar-refractivity contribution >= 4 is 17.9 Å². The van der Waals surface area contributed by atoms with Crippen LogP contribution in [0.3, 0.4) is 0 Å². The molecule has 0 atom stereocenters. The first-order chi connectivity index (χ1) is 9.79. The number of carbonyl (C=O) groups excluding carboxylic acids is 2. The van der Waals surface area contributed by atoms with Gasteiger partial charge in [-0.05, 0) is 20.9 Å². The van der Waals surface area contributed by atoms with Crippen LogP contribution in [0.5, 0.6) is 0 Å². The molecule has 8 nitrogen and oxygen atoms in total. The second-order valence-electron chi connectivity index (χ2n) is 4.56. The summed E-state index contributed by atoms with van der Waals surface area (Å²) in [6.07, 6.45) is 0. The number of methoxy groups -OCH3 is 1. The first kappa shape index (κ1) is 19.1. The number of urea groups is 1. The molecule has 0 aromatic rings. The molecule has 0 aliphatic rings. The molecule has 0 aliphatic heterocycles. The first-order valence-corrected chi connectivity index (χ1v) is 6.47. The van der Waals surface area contributed by atoms with Gasteiger partial charge in [0.05, 0.1) is 6.61 Å². The van der Waals surface area contributed by atoms with Gasteiger partial charge in [0, 0.05) is 37.9 Å². The van der Waals surface area contributed by atoms with Gasteiger partial charge in [0.2, 0.25) is 0 Å². The second kappa shape index (κ2) is 9.89. The van der Waals surface area contributed by atoms with E-state index in [0.29, 0.717) is 19.7 Å². The summed E-state index contributed by atoms with van der Waals surface area (Å²) in [7, 11) is 3.49. The summed E-state index contributed by atoms with van der Waals surface area (Å²) in [6.45, 7) is 4.95. The topological polar surface area (TPSA) is 108 Å². The van der Waals surface area contributed by atoms with E-state index in [-0.39, 0.29) is 11.1 Å². The first-order valence-electron chi connectivity index (χ1n) is 6.47. The Morgan fingerprint density at radius 1 is 1.14 bits per heavy atom. The van der Waals surface area contributed by atoms with Gasteiger partial charge in [-0.1, -0.05) is 0 Å². The highest BCUT2D eigenvalue weighted by molar-refractivity contribution is 6.07. The van der Waals surface area contributed by atoms with E-state index in [4.69, 9.17) is 9.84 Å². The maximum Gasteiger partial charge on any atom is 0.331 e. The monoisotopic (exact) mass is 301 g/mol. The molecule has 0 saturated heterocycles. The van der Waals surface area contributed by atoms with Crippen LogP contribution >= 0.6 is 0 Å². The van der Waals surface area contributed by atoms with E-state index < -0.39 is 17.9 Å². The molecule has 0 heterocycles. The van der Waals surface area contributed by atoms with Gasteiger partial charge >= 0.3 is 12.0 Å². The van der Waals surface area contributed by atoms with E-state index in [1.54, 1.807) is 7.11 Å². The fourth-order valence-electron chi connectivity index (χ4n) is 1.29. The third-order valence-corrected chi connectivity index (χ3v) is 2.91. The number of ether oxygens (including phenoxy) is 1. The summed E-state index contributed by atoms with van der Waals surface area (Å²) in [4.78, 5) is 35.8. The fourth-order valence-corrected chi connectivity index (χ4v) is 1.29. The third-order valence-electron chi connectivity index (χ3n) is 2.91. The van der Waals surface area contributed by atoms with Crippen LogP contribution in [-0.4, -0.2) is 68.3 Å². The van der Waals surface area contributed by atoms with Crippen molar-refractivity contribution in [2.45, 2.75) is 13.8 Å². The summed E-state index contributed by atoms with van der Waals surface area (Å²) < 4.78 is 4.92. The number of nitrogens with zero attached hydrogens (tertiary/aromatic N) is 1. The number of hydrogen-bond donors (Lipinski definition) is 3. The van der Waals surface area contributed by atoms with Crippen LogP contribution in [0.2, 0.25) is 0 Å². The molecule has 0 spiro atoms. The van der Waals surface area contributed by atoms with Gasteiger partial charge in [0.25, 0.3) is 5.91 Å². The molecule has 0 aromatic carbocycles. The summed E-state index contributed by atoms with van der Waals surface area (Å²) in [5.41, 5.74) is -0.102. The third kappa shape index (κ3) is 8.05. The van der Waals surface area contributed by atoms with Gasteiger partial charge in [-0.15, -0.1) is 0 Å². The lowest BCUT2D eigenvalue weighted by Crippen LogP contribution is -2.43. The number of likely N-dealkylation sites (N-methyl/N-ethyl adjacent to an activating group) is 1. The fraction of sp³-hybridized carbons (Fsp3) is 0.615. The Morgan fingerprint density at radius 2 is 1.76 bits per heavy atom. The van der Waals surface area contributed by atoms with Crippen LogP contribution in [0.15, 0.2) is 11.1 Å². The molecule has 0 fully saturated rings. The quantitative estimate of drug-likeness (QED) is 0.536. The van der Waals surface area contributed by atoms with Crippen LogP contribution in [0.1, 0.15) is 13.8 Å². The second-order valence-corrected chi connectivity index (χ2v) is 4.56. The van der Waals surface area contributed by atoms with Crippen molar-refractivity contribution in [3.05, 3.63) is 11.1 Å². The maximum absolute atomic E-state index is 11.6. The Kier molecular flexibility index (Phi) is 8.98. The molecular weight excluding hydrogens is 278 g/mol. The predicted molar refractivity (Wildman–Crippen MR) is 76.9 cm³/mol. The van der Waals surface area contributed by atoms with Gasteiger partial charge in [0.1, 0.15) is 0 Å². The maximum atomic E-state index is 11.6. The van der Waals surface area contributed by atoms with Gasteiger partial charge in [-0.2, -0.15) is 0 Å². The molecular formula is C13H23N3O5. The summed E-state index contributed by atoms with van der Waals surface area (Å²) in [5, 5.41) is 13.4. The van der Waals surface area contributed by atoms with Crippen molar-refractivity contribution in [1.82, 2.24) is 15.5 Å². The molecule has 120 valence electrons. The van der Waals surface area contributed by atoms with Gasteiger partial charge in [0.15, 0.2) is 0 Å². The molecule has 3 amide bonds. The molecule has 8 heteroatoms. The number of rotatable bonds is 8. The summed E-state index contributed by atoms with van der Waals surface area (Å²) in [6, 6.07) is -0.655.